The van der Waals surface area contributed by atoms with E-state index < -0.39 is 0 Å². The van der Waals surface area contributed by atoms with Crippen molar-refractivity contribution in [3.8, 4) is 5.75 Å². The number of aromatic nitrogens is 1. The molecular formula is C21H31N5O. The highest BCUT2D eigenvalue weighted by Gasteiger charge is 2.07. The Labute approximate surface area is 162 Å². The molecule has 2 aromatic rings. The summed E-state index contributed by atoms with van der Waals surface area (Å²) < 4.78 is 5.76. The van der Waals surface area contributed by atoms with Gasteiger partial charge in [-0.15, -0.1) is 0 Å². The molecule has 0 saturated heterocycles. The summed E-state index contributed by atoms with van der Waals surface area (Å²) in [4.78, 5) is 11.2. The Morgan fingerprint density at radius 2 is 1.96 bits per heavy atom. The zero-order chi connectivity index (χ0) is 19.6. The number of rotatable bonds is 8. The van der Waals surface area contributed by atoms with Crippen molar-refractivity contribution in [2.75, 3.05) is 32.1 Å². The molecule has 1 heterocycles. The first-order chi connectivity index (χ1) is 13.0. The lowest BCUT2D eigenvalue weighted by Gasteiger charge is -2.17. The highest BCUT2D eigenvalue weighted by Crippen LogP contribution is 2.21. The Bertz CT molecular complexity index is 758. The number of aryl methyl sites for hydroxylation is 1. The lowest BCUT2D eigenvalue weighted by atomic mass is 10.1. The van der Waals surface area contributed by atoms with Gasteiger partial charge in [-0.1, -0.05) is 18.2 Å². The molecule has 0 saturated carbocycles. The van der Waals surface area contributed by atoms with Crippen molar-refractivity contribution >= 4 is 11.8 Å². The number of anilines is 1. The average molecular weight is 370 g/mol. The van der Waals surface area contributed by atoms with Gasteiger partial charge in [0.1, 0.15) is 11.6 Å². The van der Waals surface area contributed by atoms with Crippen molar-refractivity contribution in [3.63, 3.8) is 0 Å². The van der Waals surface area contributed by atoms with Crippen molar-refractivity contribution in [3.05, 3.63) is 53.2 Å². The molecule has 0 atom stereocenters. The van der Waals surface area contributed by atoms with Crippen LogP contribution in [0.25, 0.3) is 0 Å². The lowest BCUT2D eigenvalue weighted by Crippen LogP contribution is -2.37. The smallest absolute Gasteiger partial charge is 0.191 e. The minimum absolute atomic E-state index is 0.554. The number of guanidine groups is 1. The summed E-state index contributed by atoms with van der Waals surface area (Å²) in [6.07, 6.45) is 1.81. The molecule has 1 aromatic carbocycles. The third-order valence-electron chi connectivity index (χ3n) is 4.01. The Morgan fingerprint density at radius 3 is 2.67 bits per heavy atom. The molecule has 0 unspecified atom stereocenters. The topological polar surface area (TPSA) is 61.8 Å². The quantitative estimate of drug-likeness (QED) is 0.553. The van der Waals surface area contributed by atoms with Gasteiger partial charge in [0.15, 0.2) is 5.96 Å². The zero-order valence-electron chi connectivity index (χ0n) is 17.0. The molecule has 6 heteroatoms. The van der Waals surface area contributed by atoms with Gasteiger partial charge in [0, 0.05) is 44.5 Å². The van der Waals surface area contributed by atoms with Crippen LogP contribution >= 0.6 is 0 Å². The first-order valence-corrected chi connectivity index (χ1v) is 9.40. The molecule has 2 N–H and O–H groups in total. The van der Waals surface area contributed by atoms with Gasteiger partial charge in [0.05, 0.1) is 13.2 Å². The number of ether oxygens (including phenoxy) is 1. The molecule has 0 spiro atoms. The SMILES string of the molecule is CCNC(=NCc1ccc(C)cc1OCC)NCc1cccnc1N(C)C. The van der Waals surface area contributed by atoms with Crippen LogP contribution in [0.5, 0.6) is 5.75 Å². The molecule has 0 fully saturated rings. The fraction of sp³-hybridized carbons (Fsp3) is 0.429. The van der Waals surface area contributed by atoms with E-state index in [1.165, 1.54) is 5.56 Å². The highest BCUT2D eigenvalue weighted by molar-refractivity contribution is 5.80. The Morgan fingerprint density at radius 1 is 1.15 bits per heavy atom. The Hall–Kier alpha value is -2.76. The third kappa shape index (κ3) is 6.16. The minimum atomic E-state index is 0.554. The molecule has 0 aliphatic heterocycles. The molecular weight excluding hydrogens is 338 g/mol. The summed E-state index contributed by atoms with van der Waals surface area (Å²) >= 11 is 0. The Balaban J connectivity index is 2.11. The summed E-state index contributed by atoms with van der Waals surface area (Å²) in [5.41, 5.74) is 3.39. The van der Waals surface area contributed by atoms with E-state index in [1.807, 2.05) is 38.2 Å². The molecule has 0 bridgehead atoms. The predicted molar refractivity (Wildman–Crippen MR) is 113 cm³/mol. The maximum Gasteiger partial charge on any atom is 0.191 e. The summed E-state index contributed by atoms with van der Waals surface area (Å²) in [5, 5.41) is 6.70. The van der Waals surface area contributed by atoms with Crippen molar-refractivity contribution < 1.29 is 4.74 Å². The van der Waals surface area contributed by atoms with Crippen LogP contribution in [0.2, 0.25) is 0 Å². The van der Waals surface area contributed by atoms with Crippen LogP contribution in [0.1, 0.15) is 30.5 Å². The first-order valence-electron chi connectivity index (χ1n) is 9.40. The average Bonchev–Trinajstić information content (AvgIpc) is 2.65. The maximum atomic E-state index is 5.76. The van der Waals surface area contributed by atoms with Crippen molar-refractivity contribution in [2.45, 2.75) is 33.9 Å². The molecule has 2 rings (SSSR count). The number of hydrogen-bond donors (Lipinski definition) is 2. The number of nitrogens with one attached hydrogen (secondary N) is 2. The number of nitrogens with zero attached hydrogens (tertiary/aromatic N) is 3. The van der Waals surface area contributed by atoms with E-state index in [0.29, 0.717) is 19.7 Å². The fourth-order valence-corrected chi connectivity index (χ4v) is 2.74. The zero-order valence-corrected chi connectivity index (χ0v) is 17.0. The second kappa shape index (κ2) is 10.4. The normalized spacial score (nSPS) is 11.2. The van der Waals surface area contributed by atoms with Gasteiger partial charge in [-0.25, -0.2) is 9.98 Å². The van der Waals surface area contributed by atoms with Crippen molar-refractivity contribution in [1.29, 1.82) is 0 Å². The van der Waals surface area contributed by atoms with Crippen LogP contribution in [0, 0.1) is 6.92 Å². The molecule has 0 amide bonds. The molecule has 6 nitrogen and oxygen atoms in total. The standard InChI is InChI=1S/C21H31N5O/c1-6-22-21(25-15-18-9-8-12-23-20(18)26(4)5)24-14-17-11-10-16(3)13-19(17)27-7-2/h8-13H,6-7,14-15H2,1-5H3,(H2,22,24,25). The van der Waals surface area contributed by atoms with Gasteiger partial charge < -0.3 is 20.3 Å². The van der Waals surface area contributed by atoms with Gasteiger partial charge in [-0.3, -0.25) is 0 Å². The van der Waals surface area contributed by atoms with Crippen LogP contribution in [-0.4, -0.2) is 38.2 Å². The van der Waals surface area contributed by atoms with Crippen LogP contribution in [0.15, 0.2) is 41.5 Å². The maximum absolute atomic E-state index is 5.76. The largest absolute Gasteiger partial charge is 0.494 e. The molecule has 0 aliphatic carbocycles. The second-order valence-corrected chi connectivity index (χ2v) is 6.47. The van der Waals surface area contributed by atoms with E-state index in [0.717, 1.165) is 35.2 Å². The third-order valence-corrected chi connectivity index (χ3v) is 4.01. The van der Waals surface area contributed by atoms with E-state index in [-0.39, 0.29) is 0 Å². The molecule has 0 radical (unpaired) electrons. The number of pyridine rings is 1. The molecule has 0 aliphatic rings. The summed E-state index contributed by atoms with van der Waals surface area (Å²) in [6, 6.07) is 10.3. The fourth-order valence-electron chi connectivity index (χ4n) is 2.74. The van der Waals surface area contributed by atoms with Gasteiger partial charge in [0.25, 0.3) is 0 Å². The predicted octanol–water partition coefficient (Wildman–Crippen LogP) is 3.11. The number of aliphatic imine (C=N–C) groups is 1. The van der Waals surface area contributed by atoms with Gasteiger partial charge in [-0.05, 0) is 38.5 Å². The van der Waals surface area contributed by atoms with E-state index in [4.69, 9.17) is 9.73 Å². The van der Waals surface area contributed by atoms with Crippen LogP contribution in [0.3, 0.4) is 0 Å². The van der Waals surface area contributed by atoms with Crippen LogP contribution in [-0.2, 0) is 13.1 Å². The lowest BCUT2D eigenvalue weighted by molar-refractivity contribution is 0.336. The monoisotopic (exact) mass is 369 g/mol. The van der Waals surface area contributed by atoms with E-state index >= 15 is 0 Å². The van der Waals surface area contributed by atoms with Gasteiger partial charge >= 0.3 is 0 Å². The van der Waals surface area contributed by atoms with E-state index in [2.05, 4.69) is 53.7 Å². The minimum Gasteiger partial charge on any atom is -0.494 e. The van der Waals surface area contributed by atoms with Crippen molar-refractivity contribution in [2.24, 2.45) is 4.99 Å². The summed E-state index contributed by atoms with van der Waals surface area (Å²) in [6.45, 7) is 8.77. The summed E-state index contributed by atoms with van der Waals surface area (Å²) in [5.74, 6) is 2.63. The van der Waals surface area contributed by atoms with Crippen molar-refractivity contribution in [1.82, 2.24) is 15.6 Å². The molecule has 1 aromatic heterocycles. The number of benzene rings is 1. The van der Waals surface area contributed by atoms with Gasteiger partial charge in [0.2, 0.25) is 0 Å². The molecule has 27 heavy (non-hydrogen) atoms. The molecule has 146 valence electrons. The number of hydrogen-bond acceptors (Lipinski definition) is 4. The Kier molecular flexibility index (Phi) is 7.92. The summed E-state index contributed by atoms with van der Waals surface area (Å²) in [7, 11) is 4.00. The van der Waals surface area contributed by atoms with Crippen LogP contribution in [0.4, 0.5) is 5.82 Å². The van der Waals surface area contributed by atoms with E-state index in [9.17, 15) is 0 Å². The highest BCUT2D eigenvalue weighted by atomic mass is 16.5. The van der Waals surface area contributed by atoms with E-state index in [1.54, 1.807) is 0 Å². The van der Waals surface area contributed by atoms with Gasteiger partial charge in [-0.2, -0.15) is 0 Å². The first kappa shape index (κ1) is 20.6. The van der Waals surface area contributed by atoms with Crippen LogP contribution < -0.4 is 20.3 Å². The second-order valence-electron chi connectivity index (χ2n) is 6.47.